The molecule has 2 aromatic heterocycles. The van der Waals surface area contributed by atoms with Crippen molar-refractivity contribution in [1.29, 1.82) is 0 Å². The van der Waals surface area contributed by atoms with E-state index in [0.717, 1.165) is 48.6 Å². The second-order valence-electron chi connectivity index (χ2n) is 8.30. The predicted molar refractivity (Wildman–Crippen MR) is 124 cm³/mol. The zero-order valence-electron chi connectivity index (χ0n) is 18.1. The van der Waals surface area contributed by atoms with Crippen LogP contribution in [0.4, 0.5) is 5.82 Å². The van der Waals surface area contributed by atoms with Gasteiger partial charge in [-0.2, -0.15) is 14.6 Å². The third-order valence-corrected chi connectivity index (χ3v) is 6.08. The summed E-state index contributed by atoms with van der Waals surface area (Å²) in [6.45, 7) is 4.21. The first-order valence-corrected chi connectivity index (χ1v) is 11.0. The minimum Gasteiger partial charge on any atom is -0.356 e. The van der Waals surface area contributed by atoms with Gasteiger partial charge < -0.3 is 10.2 Å². The molecule has 0 bridgehead atoms. The van der Waals surface area contributed by atoms with Gasteiger partial charge in [0.05, 0.1) is 5.69 Å². The van der Waals surface area contributed by atoms with Crippen LogP contribution in [0.3, 0.4) is 0 Å². The van der Waals surface area contributed by atoms with Crippen LogP contribution in [0.15, 0.2) is 67.0 Å². The van der Waals surface area contributed by atoms with Crippen molar-refractivity contribution in [3.8, 4) is 11.3 Å². The lowest BCUT2D eigenvalue weighted by atomic mass is 9.95. The third kappa shape index (κ3) is 4.19. The van der Waals surface area contributed by atoms with Crippen LogP contribution in [0.5, 0.6) is 0 Å². The molecule has 1 N–H and O–H groups in total. The number of amides is 1. The van der Waals surface area contributed by atoms with E-state index in [1.165, 1.54) is 11.9 Å². The summed E-state index contributed by atoms with van der Waals surface area (Å²) >= 11 is 0. The summed E-state index contributed by atoms with van der Waals surface area (Å²) in [4.78, 5) is 24.0. The van der Waals surface area contributed by atoms with Gasteiger partial charge in [0.2, 0.25) is 5.91 Å². The minimum absolute atomic E-state index is 0.0263. The maximum atomic E-state index is 12.7. The van der Waals surface area contributed by atoms with Crippen molar-refractivity contribution in [2.24, 2.45) is 5.92 Å². The molecule has 1 aliphatic rings. The Hall–Kier alpha value is -3.74. The van der Waals surface area contributed by atoms with Crippen molar-refractivity contribution in [2.75, 3.05) is 18.0 Å². The summed E-state index contributed by atoms with van der Waals surface area (Å²) in [5.74, 6) is 1.71. The molecule has 7 nitrogen and oxygen atoms in total. The third-order valence-electron chi connectivity index (χ3n) is 6.08. The van der Waals surface area contributed by atoms with Gasteiger partial charge >= 0.3 is 0 Å². The molecular weight excluding hydrogens is 400 g/mol. The van der Waals surface area contributed by atoms with E-state index in [1.807, 2.05) is 30.3 Å². The van der Waals surface area contributed by atoms with Crippen molar-refractivity contribution < 1.29 is 4.79 Å². The first-order valence-electron chi connectivity index (χ1n) is 11.0. The van der Waals surface area contributed by atoms with Crippen LogP contribution < -0.4 is 10.2 Å². The Labute approximate surface area is 187 Å². The molecule has 0 atom stereocenters. The Morgan fingerprint density at radius 1 is 1.06 bits per heavy atom. The minimum atomic E-state index is 0.0263. The highest BCUT2D eigenvalue weighted by Gasteiger charge is 2.26. The molecule has 0 unspecified atom stereocenters. The maximum absolute atomic E-state index is 12.7. The fraction of sp³-hybridized carbons (Fsp3) is 0.280. The topological polar surface area (TPSA) is 75.4 Å². The Kier molecular flexibility index (Phi) is 5.54. The fourth-order valence-corrected chi connectivity index (χ4v) is 4.19. The smallest absolute Gasteiger partial charge is 0.254 e. The molecule has 1 fully saturated rings. The van der Waals surface area contributed by atoms with Gasteiger partial charge in [-0.1, -0.05) is 60.2 Å². The van der Waals surface area contributed by atoms with Gasteiger partial charge in [0.15, 0.2) is 0 Å². The molecule has 2 aromatic carbocycles. The zero-order valence-corrected chi connectivity index (χ0v) is 18.1. The lowest BCUT2D eigenvalue weighted by Crippen LogP contribution is -2.41. The molecule has 7 heteroatoms. The van der Waals surface area contributed by atoms with E-state index in [0.29, 0.717) is 12.3 Å². The number of hydrogen-bond donors (Lipinski definition) is 1. The second-order valence-corrected chi connectivity index (χ2v) is 8.30. The highest BCUT2D eigenvalue weighted by Crippen LogP contribution is 2.27. The van der Waals surface area contributed by atoms with Crippen LogP contribution in [0.2, 0.25) is 0 Å². The summed E-state index contributed by atoms with van der Waals surface area (Å²) < 4.78 is 1.78. The van der Waals surface area contributed by atoms with E-state index in [2.05, 4.69) is 62.5 Å². The number of carbonyl (C=O) groups is 1. The lowest BCUT2D eigenvalue weighted by molar-refractivity contribution is -0.125. The van der Waals surface area contributed by atoms with Crippen molar-refractivity contribution in [3.63, 3.8) is 0 Å². The molecule has 162 valence electrons. The average Bonchev–Trinajstić information content (AvgIpc) is 3.32. The number of piperidine rings is 1. The molecule has 0 radical (unpaired) electrons. The molecule has 32 heavy (non-hydrogen) atoms. The van der Waals surface area contributed by atoms with E-state index in [-0.39, 0.29) is 11.8 Å². The molecule has 0 spiro atoms. The van der Waals surface area contributed by atoms with E-state index in [1.54, 1.807) is 4.52 Å². The molecule has 4 aromatic rings. The van der Waals surface area contributed by atoms with Crippen LogP contribution >= 0.6 is 0 Å². The van der Waals surface area contributed by atoms with Gasteiger partial charge in [-0.05, 0) is 25.3 Å². The van der Waals surface area contributed by atoms with E-state index in [4.69, 9.17) is 0 Å². The summed E-state index contributed by atoms with van der Waals surface area (Å²) in [7, 11) is 0. The molecular formula is C25H26N6O. The number of fused-ring (bicyclic) bond motifs is 1. The second kappa shape index (κ2) is 8.78. The monoisotopic (exact) mass is 426 g/mol. The summed E-state index contributed by atoms with van der Waals surface area (Å²) in [6, 6.07) is 20.4. The van der Waals surface area contributed by atoms with E-state index < -0.39 is 0 Å². The quantitative estimate of drug-likeness (QED) is 0.527. The van der Waals surface area contributed by atoms with Crippen molar-refractivity contribution in [3.05, 3.63) is 78.1 Å². The van der Waals surface area contributed by atoms with Gasteiger partial charge in [0.1, 0.15) is 12.1 Å². The SMILES string of the molecule is Cc1ccc(CNC(=O)C2CCN(c3cc(-c4ccccc4)nc4ncnn34)CC2)cc1. The molecule has 1 aliphatic heterocycles. The summed E-state index contributed by atoms with van der Waals surface area (Å²) in [5.41, 5.74) is 4.27. The normalized spacial score (nSPS) is 14.6. The average molecular weight is 427 g/mol. The molecule has 0 saturated carbocycles. The van der Waals surface area contributed by atoms with E-state index >= 15 is 0 Å². The van der Waals surface area contributed by atoms with Crippen molar-refractivity contribution in [1.82, 2.24) is 24.9 Å². The van der Waals surface area contributed by atoms with Gasteiger partial charge in [0, 0.05) is 37.2 Å². The van der Waals surface area contributed by atoms with Crippen LogP contribution in [0.25, 0.3) is 17.0 Å². The van der Waals surface area contributed by atoms with Crippen LogP contribution in [0.1, 0.15) is 24.0 Å². The summed E-state index contributed by atoms with van der Waals surface area (Å²) in [6.07, 6.45) is 3.14. The van der Waals surface area contributed by atoms with Gasteiger partial charge in [-0.25, -0.2) is 4.98 Å². The Balaban J connectivity index is 1.27. The number of rotatable bonds is 5. The number of carbonyl (C=O) groups excluding carboxylic acids is 1. The lowest BCUT2D eigenvalue weighted by Gasteiger charge is -2.33. The number of aromatic nitrogens is 4. The number of aryl methyl sites for hydroxylation is 1. The first kappa shape index (κ1) is 20.2. The Bertz CT molecular complexity index is 1210. The predicted octanol–water partition coefficient (Wildman–Crippen LogP) is 3.63. The standard InChI is InChI=1S/C25H26N6O/c1-18-7-9-19(10-8-18)16-26-24(32)21-11-13-30(14-12-21)23-15-22(20-5-3-2-4-6-20)29-25-27-17-28-31(23)25/h2-10,15,17,21H,11-14,16H2,1H3,(H,26,32). The number of hydrogen-bond acceptors (Lipinski definition) is 5. The zero-order chi connectivity index (χ0) is 21.9. The van der Waals surface area contributed by atoms with Gasteiger partial charge in [-0.15, -0.1) is 0 Å². The number of nitrogens with zero attached hydrogens (tertiary/aromatic N) is 5. The number of nitrogens with one attached hydrogen (secondary N) is 1. The molecule has 5 rings (SSSR count). The largest absolute Gasteiger partial charge is 0.356 e. The van der Waals surface area contributed by atoms with Crippen LogP contribution in [0, 0.1) is 12.8 Å². The molecule has 0 aliphatic carbocycles. The highest BCUT2D eigenvalue weighted by molar-refractivity contribution is 5.79. The number of anilines is 1. The molecule has 1 amide bonds. The van der Waals surface area contributed by atoms with Gasteiger partial charge in [0.25, 0.3) is 5.78 Å². The van der Waals surface area contributed by atoms with Crippen LogP contribution in [-0.2, 0) is 11.3 Å². The first-order chi connectivity index (χ1) is 15.7. The molecule has 3 heterocycles. The van der Waals surface area contributed by atoms with Gasteiger partial charge in [-0.3, -0.25) is 4.79 Å². The van der Waals surface area contributed by atoms with Crippen molar-refractivity contribution >= 4 is 17.5 Å². The summed E-state index contributed by atoms with van der Waals surface area (Å²) in [5, 5.41) is 7.48. The fourth-order valence-electron chi connectivity index (χ4n) is 4.19. The Morgan fingerprint density at radius 2 is 1.81 bits per heavy atom. The molecule has 1 saturated heterocycles. The van der Waals surface area contributed by atoms with Crippen LogP contribution in [-0.4, -0.2) is 38.6 Å². The highest BCUT2D eigenvalue weighted by atomic mass is 16.1. The Morgan fingerprint density at radius 3 is 2.56 bits per heavy atom. The van der Waals surface area contributed by atoms with E-state index in [9.17, 15) is 4.79 Å². The maximum Gasteiger partial charge on any atom is 0.254 e. The van der Waals surface area contributed by atoms with Crippen molar-refractivity contribution in [2.45, 2.75) is 26.3 Å². The number of benzene rings is 2.